The topological polar surface area (TPSA) is 69.6 Å². The van der Waals surface area contributed by atoms with E-state index in [0.29, 0.717) is 0 Å². The molecule has 1 saturated heterocycles. The summed E-state index contributed by atoms with van der Waals surface area (Å²) in [7, 11) is 0.792. The molecule has 3 rings (SSSR count). The molecule has 0 unspecified atom stereocenters. The van der Waals surface area contributed by atoms with Gasteiger partial charge in [-0.05, 0) is 23.1 Å². The van der Waals surface area contributed by atoms with Crippen molar-refractivity contribution in [1.29, 1.82) is 0 Å². The summed E-state index contributed by atoms with van der Waals surface area (Å²) in [4.78, 5) is 25.3. The smallest absolute Gasteiger partial charge is 0.363 e. The zero-order chi connectivity index (χ0) is 20.0. The average Bonchev–Trinajstić information content (AvgIpc) is 3.13. The van der Waals surface area contributed by atoms with Crippen LogP contribution in [0.15, 0.2) is 41.8 Å². The lowest BCUT2D eigenvalue weighted by Crippen LogP contribution is -2.72. The second-order valence-electron chi connectivity index (χ2n) is 6.05. The number of rotatable bonds is 3. The molecule has 0 spiro atoms. The number of hydrogen-bond acceptors (Lipinski definition) is 4. The number of nitrogens with zero attached hydrogens (tertiary/aromatic N) is 1. The maximum atomic E-state index is 13.9. The third-order valence-electron chi connectivity index (χ3n) is 4.57. The molecule has 10 heteroatoms. The molecular formula is C17H14ClF3N2O3S. The number of urea groups is 1. The quantitative estimate of drug-likeness (QED) is 0.744. The molecule has 2 heterocycles. The summed E-state index contributed by atoms with van der Waals surface area (Å²) >= 11 is 7.05. The first-order valence-corrected chi connectivity index (χ1v) is 9.00. The first kappa shape index (κ1) is 19.7. The Morgan fingerprint density at radius 1 is 1.30 bits per heavy atom. The molecule has 0 radical (unpaired) electrons. The van der Waals surface area contributed by atoms with Gasteiger partial charge in [-0.15, -0.1) is 11.3 Å². The first-order chi connectivity index (χ1) is 12.6. The molecule has 1 aromatic heterocycles. The summed E-state index contributed by atoms with van der Waals surface area (Å²) < 4.78 is 41.8. The molecule has 2 aromatic rings. The van der Waals surface area contributed by atoms with E-state index in [1.807, 2.05) is 0 Å². The van der Waals surface area contributed by atoms with Crippen molar-refractivity contribution in [3.8, 4) is 0 Å². The Labute approximate surface area is 161 Å². The summed E-state index contributed by atoms with van der Waals surface area (Å²) in [5, 5.41) is 14.7. The van der Waals surface area contributed by atoms with E-state index >= 15 is 0 Å². The number of ketones is 1. The third-order valence-corrected chi connectivity index (χ3v) is 5.79. The molecule has 5 nitrogen and oxygen atoms in total. The van der Waals surface area contributed by atoms with Crippen LogP contribution in [0.5, 0.6) is 0 Å². The second kappa shape index (κ2) is 6.81. The number of Topliss-reactive ketones (excluding diaryl/α,β-unsaturated/α-hetero) is 1. The largest absolute Gasteiger partial charge is 0.437 e. The number of carbonyl (C=O) groups is 2. The van der Waals surface area contributed by atoms with Crippen LogP contribution in [-0.2, 0) is 0 Å². The highest BCUT2D eigenvalue weighted by atomic mass is 35.5. The lowest BCUT2D eigenvalue weighted by Gasteiger charge is -2.49. The fourth-order valence-corrected chi connectivity index (χ4v) is 4.12. The molecule has 1 aromatic carbocycles. The van der Waals surface area contributed by atoms with Gasteiger partial charge in [0.15, 0.2) is 5.78 Å². The van der Waals surface area contributed by atoms with Crippen molar-refractivity contribution in [3.05, 3.63) is 57.2 Å². The van der Waals surface area contributed by atoms with E-state index in [1.54, 1.807) is 6.07 Å². The highest BCUT2D eigenvalue weighted by molar-refractivity contribution is 7.12. The van der Waals surface area contributed by atoms with E-state index < -0.39 is 35.7 Å². The molecule has 0 bridgehead atoms. The van der Waals surface area contributed by atoms with Gasteiger partial charge < -0.3 is 10.4 Å². The highest BCUT2D eigenvalue weighted by Crippen LogP contribution is 2.48. The molecule has 2 N–H and O–H groups in total. The van der Waals surface area contributed by atoms with Crippen molar-refractivity contribution in [3.63, 3.8) is 0 Å². The summed E-state index contributed by atoms with van der Waals surface area (Å²) in [6, 6.07) is 6.16. The van der Waals surface area contributed by atoms with Gasteiger partial charge in [-0.2, -0.15) is 13.2 Å². The van der Waals surface area contributed by atoms with E-state index in [1.165, 1.54) is 35.7 Å². The van der Waals surface area contributed by atoms with Gasteiger partial charge in [0.25, 0.3) is 5.72 Å². The highest BCUT2D eigenvalue weighted by Gasteiger charge is 2.69. The number of alkyl halides is 3. The number of amides is 2. The number of aliphatic hydroxyl groups is 1. The zero-order valence-corrected chi connectivity index (χ0v) is 15.4. The van der Waals surface area contributed by atoms with Crippen molar-refractivity contribution < 1.29 is 27.9 Å². The van der Waals surface area contributed by atoms with Gasteiger partial charge in [0.2, 0.25) is 0 Å². The molecule has 2 amide bonds. The fraction of sp³-hybridized carbons (Fsp3) is 0.294. The van der Waals surface area contributed by atoms with Crippen molar-refractivity contribution in [1.82, 2.24) is 10.2 Å². The Kier molecular flexibility index (Phi) is 4.96. The van der Waals surface area contributed by atoms with Crippen molar-refractivity contribution in [2.45, 2.75) is 17.9 Å². The summed E-state index contributed by atoms with van der Waals surface area (Å²) in [6.45, 7) is 0. The molecular weight excluding hydrogens is 405 g/mol. The molecule has 0 aliphatic carbocycles. The zero-order valence-electron chi connectivity index (χ0n) is 13.8. The van der Waals surface area contributed by atoms with E-state index in [2.05, 4.69) is 5.32 Å². The SMILES string of the molecule is CN1C(=O)N[C@H](c2ccccc2Cl)[C@H](C(=O)c2cccs2)[C@@]1(O)C(F)(F)F. The van der Waals surface area contributed by atoms with Gasteiger partial charge in [0, 0.05) is 12.1 Å². The predicted octanol–water partition coefficient (Wildman–Crippen LogP) is 3.85. The van der Waals surface area contributed by atoms with Gasteiger partial charge in [-0.1, -0.05) is 35.9 Å². The van der Waals surface area contributed by atoms with Gasteiger partial charge >= 0.3 is 12.2 Å². The third kappa shape index (κ3) is 3.09. The Balaban J connectivity index is 2.23. The maximum Gasteiger partial charge on any atom is 0.437 e. The minimum atomic E-state index is -5.28. The molecule has 3 atom stereocenters. The van der Waals surface area contributed by atoms with Crippen LogP contribution in [0.1, 0.15) is 21.3 Å². The van der Waals surface area contributed by atoms with Gasteiger partial charge in [0.05, 0.1) is 10.9 Å². The predicted molar refractivity (Wildman–Crippen MR) is 93.6 cm³/mol. The number of halogens is 4. The molecule has 144 valence electrons. The summed E-state index contributed by atoms with van der Waals surface area (Å²) in [5.41, 5.74) is -3.60. The van der Waals surface area contributed by atoms with E-state index in [-0.39, 0.29) is 20.4 Å². The normalized spacial score (nSPS) is 26.0. The van der Waals surface area contributed by atoms with Crippen molar-refractivity contribution >= 4 is 34.8 Å². The lowest BCUT2D eigenvalue weighted by atomic mass is 9.78. The summed E-state index contributed by atoms with van der Waals surface area (Å²) in [5.74, 6) is -3.00. The minimum Gasteiger partial charge on any atom is -0.363 e. The lowest BCUT2D eigenvalue weighted by molar-refractivity contribution is -0.322. The fourth-order valence-electron chi connectivity index (χ4n) is 3.17. The van der Waals surface area contributed by atoms with E-state index in [4.69, 9.17) is 11.6 Å². The van der Waals surface area contributed by atoms with Gasteiger partial charge in [0.1, 0.15) is 5.92 Å². The van der Waals surface area contributed by atoms with Crippen molar-refractivity contribution in [2.75, 3.05) is 7.05 Å². The molecule has 1 aliphatic rings. The number of nitrogens with one attached hydrogen (secondary N) is 1. The second-order valence-corrected chi connectivity index (χ2v) is 7.41. The standard InChI is InChI=1S/C17H14ClF3N2O3S/c1-23-15(25)22-13(9-5-2-3-6-10(9)18)12(16(23,26)17(19,20)21)14(24)11-7-4-8-27-11/h2-8,12-13,26H,1H3,(H,22,25)/t12-,13-,16-/m1/s1. The molecule has 27 heavy (non-hydrogen) atoms. The van der Waals surface area contributed by atoms with Crippen LogP contribution in [0.4, 0.5) is 18.0 Å². The molecule has 0 saturated carbocycles. The van der Waals surface area contributed by atoms with Crippen LogP contribution in [0.3, 0.4) is 0 Å². The minimum absolute atomic E-state index is 0.0317. The van der Waals surface area contributed by atoms with Crippen LogP contribution in [0.2, 0.25) is 5.02 Å². The number of hydrogen-bond donors (Lipinski definition) is 2. The Bertz CT molecular complexity index is 875. The van der Waals surface area contributed by atoms with Crippen LogP contribution >= 0.6 is 22.9 Å². The first-order valence-electron chi connectivity index (χ1n) is 7.74. The number of carbonyl (C=O) groups excluding carboxylic acids is 2. The van der Waals surface area contributed by atoms with Crippen LogP contribution in [0, 0.1) is 5.92 Å². The monoisotopic (exact) mass is 418 g/mol. The van der Waals surface area contributed by atoms with Gasteiger partial charge in [-0.3, -0.25) is 9.69 Å². The molecule has 1 fully saturated rings. The average molecular weight is 419 g/mol. The maximum absolute atomic E-state index is 13.9. The van der Waals surface area contributed by atoms with Crippen molar-refractivity contribution in [2.24, 2.45) is 5.92 Å². The Hall–Kier alpha value is -2.10. The van der Waals surface area contributed by atoms with E-state index in [0.717, 1.165) is 18.4 Å². The van der Waals surface area contributed by atoms with Gasteiger partial charge in [-0.25, -0.2) is 4.79 Å². The molecule has 1 aliphatic heterocycles. The van der Waals surface area contributed by atoms with Crippen LogP contribution < -0.4 is 5.32 Å². The van der Waals surface area contributed by atoms with Crippen LogP contribution in [-0.4, -0.2) is 40.8 Å². The number of thiophene rings is 1. The number of benzene rings is 1. The summed E-state index contributed by atoms with van der Waals surface area (Å²) in [6.07, 6.45) is -5.28. The Morgan fingerprint density at radius 2 is 1.96 bits per heavy atom. The van der Waals surface area contributed by atoms with E-state index in [9.17, 15) is 27.9 Å². The van der Waals surface area contributed by atoms with Crippen LogP contribution in [0.25, 0.3) is 0 Å². The Morgan fingerprint density at radius 3 is 2.52 bits per heavy atom.